The molecule has 0 radical (unpaired) electrons. The second kappa shape index (κ2) is 5.10. The molecule has 1 saturated carbocycles. The summed E-state index contributed by atoms with van der Waals surface area (Å²) in [6.07, 6.45) is 2.17. The fourth-order valence-corrected chi connectivity index (χ4v) is 2.84. The van der Waals surface area contributed by atoms with Gasteiger partial charge in [0.15, 0.2) is 0 Å². The van der Waals surface area contributed by atoms with Gasteiger partial charge in [-0.3, -0.25) is 4.79 Å². The standard InChI is InChI=1S/C11H17N3O2S/c1-3-9-10(17-13-12-9)11(16)14(2)6-7-4-8(15)5-7/h7-8,15H,3-6H2,1-2H3. The zero-order valence-corrected chi connectivity index (χ0v) is 10.9. The normalized spacial score (nSPS) is 23.2. The summed E-state index contributed by atoms with van der Waals surface area (Å²) in [7, 11) is 1.80. The Morgan fingerprint density at radius 1 is 1.59 bits per heavy atom. The van der Waals surface area contributed by atoms with E-state index in [0.717, 1.165) is 36.5 Å². The predicted octanol–water partition coefficient (Wildman–Crippen LogP) is 0.943. The van der Waals surface area contributed by atoms with Gasteiger partial charge >= 0.3 is 0 Å². The Morgan fingerprint density at radius 2 is 2.29 bits per heavy atom. The van der Waals surface area contributed by atoms with E-state index in [0.29, 0.717) is 17.3 Å². The van der Waals surface area contributed by atoms with Gasteiger partial charge in [0.1, 0.15) is 4.88 Å². The van der Waals surface area contributed by atoms with E-state index in [4.69, 9.17) is 0 Å². The van der Waals surface area contributed by atoms with Crippen LogP contribution in [0.15, 0.2) is 0 Å². The second-order valence-electron chi connectivity index (χ2n) is 4.58. The van der Waals surface area contributed by atoms with Crippen molar-refractivity contribution in [2.75, 3.05) is 13.6 Å². The minimum atomic E-state index is -0.167. The molecule has 1 aliphatic rings. The summed E-state index contributed by atoms with van der Waals surface area (Å²) in [5, 5.41) is 13.2. The summed E-state index contributed by atoms with van der Waals surface area (Å²) in [6, 6.07) is 0. The zero-order valence-electron chi connectivity index (χ0n) is 10.1. The van der Waals surface area contributed by atoms with Crippen LogP contribution in [0.2, 0.25) is 0 Å². The molecule has 0 atom stereocenters. The lowest BCUT2D eigenvalue weighted by Gasteiger charge is -2.34. The zero-order chi connectivity index (χ0) is 12.4. The number of carbonyl (C=O) groups excluding carboxylic acids is 1. The summed E-state index contributed by atoms with van der Waals surface area (Å²) in [6.45, 7) is 2.67. The van der Waals surface area contributed by atoms with Crippen molar-refractivity contribution < 1.29 is 9.90 Å². The van der Waals surface area contributed by atoms with E-state index >= 15 is 0 Å². The Balaban J connectivity index is 1.95. The molecule has 1 aromatic heterocycles. The van der Waals surface area contributed by atoms with Gasteiger partial charge in [-0.15, -0.1) is 5.10 Å². The molecule has 1 N–H and O–H groups in total. The maximum Gasteiger partial charge on any atom is 0.267 e. The number of aliphatic hydroxyl groups excluding tert-OH is 1. The van der Waals surface area contributed by atoms with E-state index in [1.807, 2.05) is 6.92 Å². The van der Waals surface area contributed by atoms with Crippen molar-refractivity contribution in [2.24, 2.45) is 5.92 Å². The first kappa shape index (κ1) is 12.4. The third-order valence-corrected chi connectivity index (χ3v) is 3.93. The number of aryl methyl sites for hydroxylation is 1. The third kappa shape index (κ3) is 2.63. The van der Waals surface area contributed by atoms with Crippen molar-refractivity contribution in [1.82, 2.24) is 14.5 Å². The molecule has 0 bridgehead atoms. The quantitative estimate of drug-likeness (QED) is 0.869. The van der Waals surface area contributed by atoms with Crippen molar-refractivity contribution in [3.63, 3.8) is 0 Å². The molecule has 94 valence electrons. The number of aromatic nitrogens is 2. The molecule has 5 nitrogen and oxygen atoms in total. The van der Waals surface area contributed by atoms with Crippen LogP contribution in [0.3, 0.4) is 0 Å². The number of aliphatic hydroxyl groups is 1. The molecule has 0 saturated heterocycles. The monoisotopic (exact) mass is 255 g/mol. The van der Waals surface area contributed by atoms with Gasteiger partial charge in [0.2, 0.25) is 0 Å². The van der Waals surface area contributed by atoms with E-state index in [1.54, 1.807) is 11.9 Å². The number of hydrogen-bond donors (Lipinski definition) is 1. The topological polar surface area (TPSA) is 66.3 Å². The Kier molecular flexibility index (Phi) is 3.73. The van der Waals surface area contributed by atoms with Crippen LogP contribution < -0.4 is 0 Å². The van der Waals surface area contributed by atoms with Gasteiger partial charge in [-0.2, -0.15) is 0 Å². The van der Waals surface area contributed by atoms with Gasteiger partial charge in [0.25, 0.3) is 5.91 Å². The molecule has 17 heavy (non-hydrogen) atoms. The van der Waals surface area contributed by atoms with Gasteiger partial charge < -0.3 is 10.0 Å². The number of nitrogens with zero attached hydrogens (tertiary/aromatic N) is 3. The maximum atomic E-state index is 12.1. The molecule has 1 aromatic rings. The minimum absolute atomic E-state index is 0.00163. The van der Waals surface area contributed by atoms with Crippen LogP contribution in [0.5, 0.6) is 0 Å². The van der Waals surface area contributed by atoms with Crippen molar-refractivity contribution in [1.29, 1.82) is 0 Å². The molecule has 1 fully saturated rings. The number of carbonyl (C=O) groups is 1. The van der Waals surface area contributed by atoms with Crippen molar-refractivity contribution in [2.45, 2.75) is 32.3 Å². The number of rotatable bonds is 4. The lowest BCUT2D eigenvalue weighted by molar-refractivity contribution is 0.0266. The van der Waals surface area contributed by atoms with Crippen LogP contribution in [-0.2, 0) is 6.42 Å². The first-order valence-electron chi connectivity index (χ1n) is 5.86. The molecule has 1 heterocycles. The van der Waals surface area contributed by atoms with Gasteiger partial charge in [-0.1, -0.05) is 11.4 Å². The highest BCUT2D eigenvalue weighted by Crippen LogP contribution is 2.28. The van der Waals surface area contributed by atoms with E-state index in [9.17, 15) is 9.90 Å². The van der Waals surface area contributed by atoms with Crippen LogP contribution in [-0.4, -0.2) is 45.2 Å². The molecule has 2 rings (SSSR count). The highest BCUT2D eigenvalue weighted by atomic mass is 32.1. The summed E-state index contributed by atoms with van der Waals surface area (Å²) in [5.74, 6) is 0.433. The highest BCUT2D eigenvalue weighted by Gasteiger charge is 2.30. The first-order valence-corrected chi connectivity index (χ1v) is 6.63. The molecular weight excluding hydrogens is 238 g/mol. The first-order chi connectivity index (χ1) is 8.11. The smallest absolute Gasteiger partial charge is 0.267 e. The Labute approximate surface area is 105 Å². The Hall–Kier alpha value is -1.01. The maximum absolute atomic E-state index is 12.1. The molecular formula is C11H17N3O2S. The molecule has 0 unspecified atom stereocenters. The molecule has 0 aliphatic heterocycles. The van der Waals surface area contributed by atoms with Gasteiger partial charge in [0, 0.05) is 13.6 Å². The van der Waals surface area contributed by atoms with Crippen LogP contribution in [0.4, 0.5) is 0 Å². The SMILES string of the molecule is CCc1nnsc1C(=O)N(C)CC1CC(O)C1. The lowest BCUT2D eigenvalue weighted by Crippen LogP contribution is -2.39. The van der Waals surface area contributed by atoms with E-state index < -0.39 is 0 Å². The molecule has 1 aliphatic carbocycles. The Bertz CT molecular complexity index is 401. The van der Waals surface area contributed by atoms with Crippen molar-refractivity contribution >= 4 is 17.4 Å². The van der Waals surface area contributed by atoms with E-state index in [-0.39, 0.29) is 12.0 Å². The van der Waals surface area contributed by atoms with E-state index in [2.05, 4.69) is 9.59 Å². The van der Waals surface area contributed by atoms with E-state index in [1.165, 1.54) is 0 Å². The van der Waals surface area contributed by atoms with Crippen LogP contribution in [0, 0.1) is 5.92 Å². The summed E-state index contributed by atoms with van der Waals surface area (Å²) < 4.78 is 3.83. The summed E-state index contributed by atoms with van der Waals surface area (Å²) >= 11 is 1.16. The van der Waals surface area contributed by atoms with Crippen LogP contribution >= 0.6 is 11.5 Å². The second-order valence-corrected chi connectivity index (χ2v) is 5.33. The molecule has 6 heteroatoms. The van der Waals surface area contributed by atoms with Crippen molar-refractivity contribution in [3.8, 4) is 0 Å². The fourth-order valence-electron chi connectivity index (χ4n) is 2.10. The minimum Gasteiger partial charge on any atom is -0.393 e. The molecule has 1 amide bonds. The van der Waals surface area contributed by atoms with Crippen LogP contribution in [0.25, 0.3) is 0 Å². The largest absolute Gasteiger partial charge is 0.393 e. The van der Waals surface area contributed by atoms with Gasteiger partial charge in [-0.05, 0) is 36.7 Å². The average molecular weight is 255 g/mol. The lowest BCUT2D eigenvalue weighted by atomic mass is 9.82. The van der Waals surface area contributed by atoms with Gasteiger partial charge in [-0.25, -0.2) is 0 Å². The average Bonchev–Trinajstić information content (AvgIpc) is 2.73. The Morgan fingerprint density at radius 3 is 2.88 bits per heavy atom. The summed E-state index contributed by atoms with van der Waals surface area (Å²) in [4.78, 5) is 14.5. The van der Waals surface area contributed by atoms with Crippen LogP contribution in [0.1, 0.15) is 35.1 Å². The highest BCUT2D eigenvalue weighted by molar-refractivity contribution is 7.07. The van der Waals surface area contributed by atoms with Gasteiger partial charge in [0.05, 0.1) is 11.8 Å². The number of hydrogen-bond acceptors (Lipinski definition) is 5. The number of amides is 1. The molecule has 0 spiro atoms. The van der Waals surface area contributed by atoms with Crippen molar-refractivity contribution in [3.05, 3.63) is 10.6 Å². The fraction of sp³-hybridized carbons (Fsp3) is 0.727. The summed E-state index contributed by atoms with van der Waals surface area (Å²) in [5.41, 5.74) is 0.778. The third-order valence-electron chi connectivity index (χ3n) is 3.17. The molecule has 0 aromatic carbocycles. The predicted molar refractivity (Wildman–Crippen MR) is 65.0 cm³/mol.